The fourth-order valence-electron chi connectivity index (χ4n) is 1.14. The molecule has 3 heteroatoms. The van der Waals surface area contributed by atoms with Gasteiger partial charge in [0.25, 0.3) is 0 Å². The zero-order valence-corrected chi connectivity index (χ0v) is 9.78. The molecule has 0 spiro atoms. The van der Waals surface area contributed by atoms with E-state index in [9.17, 15) is 4.79 Å². The molecule has 0 saturated heterocycles. The summed E-state index contributed by atoms with van der Waals surface area (Å²) in [4.78, 5) is 11.1. The second kappa shape index (κ2) is 6.87. The van der Waals surface area contributed by atoms with E-state index < -0.39 is 0 Å². The molecule has 84 valence electrons. The van der Waals surface area contributed by atoms with Crippen molar-refractivity contribution in [2.75, 3.05) is 7.11 Å². The van der Waals surface area contributed by atoms with Gasteiger partial charge in [-0.2, -0.15) is 0 Å². The highest BCUT2D eigenvalue weighted by molar-refractivity contribution is 5.92. The first kappa shape index (κ1) is 13.5. The Morgan fingerprint density at radius 2 is 2.07 bits per heavy atom. The van der Waals surface area contributed by atoms with Crippen LogP contribution in [0.25, 0.3) is 0 Å². The summed E-state index contributed by atoms with van der Waals surface area (Å²) in [6.45, 7) is 6.00. The van der Waals surface area contributed by atoms with E-state index in [0.29, 0.717) is 11.3 Å². The summed E-state index contributed by atoms with van der Waals surface area (Å²) in [6, 6.07) is 0. The smallest absolute Gasteiger partial charge is 0.337 e. The molecule has 0 aromatic heterocycles. The maximum atomic E-state index is 11.1. The van der Waals surface area contributed by atoms with E-state index in [2.05, 4.69) is 4.74 Å². The van der Waals surface area contributed by atoms with Crippen molar-refractivity contribution in [2.45, 2.75) is 20.8 Å². The molecule has 1 unspecified atom stereocenters. The SMILES string of the molecule is CC.COC(=O)C1=CC(N)=CC(C)C=C1. The molecule has 0 bridgehead atoms. The third-order valence-corrected chi connectivity index (χ3v) is 1.78. The Kier molecular flexibility index (Phi) is 6.18. The average molecular weight is 209 g/mol. The minimum absolute atomic E-state index is 0.249. The Morgan fingerprint density at radius 1 is 1.47 bits per heavy atom. The molecule has 2 N–H and O–H groups in total. The van der Waals surface area contributed by atoms with Crippen molar-refractivity contribution in [3.63, 3.8) is 0 Å². The average Bonchev–Trinajstić information content (AvgIpc) is 2.41. The highest BCUT2D eigenvalue weighted by Gasteiger charge is 2.09. The van der Waals surface area contributed by atoms with Gasteiger partial charge in [-0.05, 0) is 12.0 Å². The number of nitrogens with two attached hydrogens (primary N) is 1. The van der Waals surface area contributed by atoms with Crippen molar-refractivity contribution in [1.82, 2.24) is 0 Å². The largest absolute Gasteiger partial charge is 0.465 e. The number of rotatable bonds is 1. The number of allylic oxidation sites excluding steroid dienone is 3. The van der Waals surface area contributed by atoms with Crippen LogP contribution in [-0.4, -0.2) is 13.1 Å². The second-order valence-electron chi connectivity index (χ2n) is 2.98. The maximum absolute atomic E-state index is 11.1. The zero-order valence-electron chi connectivity index (χ0n) is 9.78. The third kappa shape index (κ3) is 4.49. The van der Waals surface area contributed by atoms with Crippen molar-refractivity contribution in [3.05, 3.63) is 35.6 Å². The number of ether oxygens (including phenoxy) is 1. The van der Waals surface area contributed by atoms with Gasteiger partial charge in [0.15, 0.2) is 0 Å². The number of methoxy groups -OCH3 is 1. The lowest BCUT2D eigenvalue weighted by atomic mass is 10.1. The Morgan fingerprint density at radius 3 is 2.60 bits per heavy atom. The summed E-state index contributed by atoms with van der Waals surface area (Å²) in [7, 11) is 1.35. The summed E-state index contributed by atoms with van der Waals surface area (Å²) in [5.41, 5.74) is 6.73. The van der Waals surface area contributed by atoms with Crippen molar-refractivity contribution < 1.29 is 9.53 Å². The molecule has 3 nitrogen and oxygen atoms in total. The molecule has 1 aliphatic rings. The molecule has 0 radical (unpaired) electrons. The summed E-state index contributed by atoms with van der Waals surface area (Å²) in [5, 5.41) is 0. The van der Waals surface area contributed by atoms with Gasteiger partial charge in [0.05, 0.1) is 12.7 Å². The summed E-state index contributed by atoms with van der Waals surface area (Å²) >= 11 is 0. The van der Waals surface area contributed by atoms with Gasteiger partial charge >= 0.3 is 5.97 Å². The molecular formula is C12H19NO2. The lowest BCUT2D eigenvalue weighted by Gasteiger charge is -1.97. The van der Waals surface area contributed by atoms with Gasteiger partial charge in [0.1, 0.15) is 0 Å². The molecule has 0 heterocycles. The van der Waals surface area contributed by atoms with Crippen LogP contribution in [0.2, 0.25) is 0 Å². The van der Waals surface area contributed by atoms with Crippen LogP contribution in [0.1, 0.15) is 20.8 Å². The molecular weight excluding hydrogens is 190 g/mol. The molecule has 15 heavy (non-hydrogen) atoms. The van der Waals surface area contributed by atoms with E-state index in [0.717, 1.165) is 0 Å². The van der Waals surface area contributed by atoms with E-state index >= 15 is 0 Å². The first-order chi connectivity index (χ1) is 7.13. The number of carbonyl (C=O) groups is 1. The monoisotopic (exact) mass is 209 g/mol. The van der Waals surface area contributed by atoms with E-state index in [1.165, 1.54) is 7.11 Å². The van der Waals surface area contributed by atoms with Crippen LogP contribution in [0.5, 0.6) is 0 Å². The highest BCUT2D eigenvalue weighted by atomic mass is 16.5. The van der Waals surface area contributed by atoms with Crippen molar-refractivity contribution in [2.24, 2.45) is 11.7 Å². The summed E-state index contributed by atoms with van der Waals surface area (Å²) in [5.74, 6) is -0.111. The van der Waals surface area contributed by atoms with Crippen molar-refractivity contribution in [3.8, 4) is 0 Å². The minimum atomic E-state index is -0.360. The third-order valence-electron chi connectivity index (χ3n) is 1.78. The lowest BCUT2D eigenvalue weighted by Crippen LogP contribution is -2.04. The van der Waals surface area contributed by atoms with Gasteiger partial charge in [-0.1, -0.05) is 39.0 Å². The van der Waals surface area contributed by atoms with Gasteiger partial charge in [-0.3, -0.25) is 0 Å². The standard InChI is InChI=1S/C10H13NO2.C2H6/c1-7-3-4-8(10(12)13-2)6-9(11)5-7;1-2/h3-7H,11H2,1-2H3;1-2H3. The maximum Gasteiger partial charge on any atom is 0.337 e. The van der Waals surface area contributed by atoms with Crippen LogP contribution in [0.4, 0.5) is 0 Å². The van der Waals surface area contributed by atoms with Gasteiger partial charge in [-0.25, -0.2) is 4.79 Å². The van der Waals surface area contributed by atoms with Gasteiger partial charge in [-0.15, -0.1) is 0 Å². The van der Waals surface area contributed by atoms with Crippen LogP contribution in [0.15, 0.2) is 35.6 Å². The predicted octanol–water partition coefficient (Wildman–Crippen LogP) is 2.16. The lowest BCUT2D eigenvalue weighted by molar-refractivity contribution is -0.135. The molecule has 0 aromatic rings. The van der Waals surface area contributed by atoms with Crippen LogP contribution < -0.4 is 5.73 Å². The normalized spacial score (nSPS) is 19.1. The minimum Gasteiger partial charge on any atom is -0.465 e. The Labute approximate surface area is 91.3 Å². The van der Waals surface area contributed by atoms with Crippen LogP contribution in [-0.2, 0) is 9.53 Å². The molecule has 1 atom stereocenters. The zero-order chi connectivity index (χ0) is 11.8. The highest BCUT2D eigenvalue weighted by Crippen LogP contribution is 2.12. The number of hydrogen-bond donors (Lipinski definition) is 1. The summed E-state index contributed by atoms with van der Waals surface area (Å²) < 4.78 is 4.59. The first-order valence-electron chi connectivity index (χ1n) is 5.09. The van der Waals surface area contributed by atoms with E-state index in [4.69, 9.17) is 5.73 Å². The Bertz CT molecular complexity index is 301. The van der Waals surface area contributed by atoms with Gasteiger partial charge in [0.2, 0.25) is 0 Å². The van der Waals surface area contributed by atoms with Gasteiger partial charge in [0, 0.05) is 5.70 Å². The second-order valence-corrected chi connectivity index (χ2v) is 2.98. The number of hydrogen-bond acceptors (Lipinski definition) is 3. The molecule has 0 saturated carbocycles. The summed E-state index contributed by atoms with van der Waals surface area (Å²) in [6.07, 6.45) is 7.13. The Balaban J connectivity index is 0.000000921. The van der Waals surface area contributed by atoms with Crippen LogP contribution >= 0.6 is 0 Å². The number of esters is 1. The van der Waals surface area contributed by atoms with Crippen LogP contribution in [0, 0.1) is 5.92 Å². The fraction of sp³-hybridized carbons (Fsp3) is 0.417. The first-order valence-corrected chi connectivity index (χ1v) is 5.09. The molecule has 0 aromatic carbocycles. The molecule has 1 aliphatic carbocycles. The quantitative estimate of drug-likeness (QED) is 0.673. The van der Waals surface area contributed by atoms with Crippen molar-refractivity contribution in [1.29, 1.82) is 0 Å². The van der Waals surface area contributed by atoms with E-state index in [1.807, 2.05) is 32.9 Å². The fourth-order valence-corrected chi connectivity index (χ4v) is 1.14. The molecule has 0 amide bonds. The Hall–Kier alpha value is -1.51. The molecule has 0 aliphatic heterocycles. The molecule has 0 fully saturated rings. The number of carbonyl (C=O) groups excluding carboxylic acids is 1. The predicted molar refractivity (Wildman–Crippen MR) is 62.0 cm³/mol. The van der Waals surface area contributed by atoms with E-state index in [-0.39, 0.29) is 11.9 Å². The van der Waals surface area contributed by atoms with E-state index in [1.54, 1.807) is 12.2 Å². The van der Waals surface area contributed by atoms with Crippen molar-refractivity contribution >= 4 is 5.97 Å². The van der Waals surface area contributed by atoms with Gasteiger partial charge < -0.3 is 10.5 Å². The van der Waals surface area contributed by atoms with Crippen LogP contribution in [0.3, 0.4) is 0 Å². The molecule has 1 rings (SSSR count). The topological polar surface area (TPSA) is 52.3 Å².